The third kappa shape index (κ3) is 3.06. The number of sulfone groups is 1. The minimum absolute atomic E-state index is 0.288. The molecule has 2 heterocycles. The fourth-order valence-corrected chi connectivity index (χ4v) is 4.80. The molecular formula is C15H11F2NO2S3. The van der Waals surface area contributed by atoms with E-state index in [-0.39, 0.29) is 5.56 Å². The number of benzene rings is 1. The summed E-state index contributed by atoms with van der Waals surface area (Å²) in [4.78, 5) is 3.48. The zero-order valence-corrected chi connectivity index (χ0v) is 14.6. The maximum atomic E-state index is 14.1. The van der Waals surface area contributed by atoms with Crippen molar-refractivity contribution in [3.8, 4) is 21.7 Å². The molecular weight excluding hydrogens is 360 g/mol. The first-order valence-corrected chi connectivity index (χ1v) is 10.2. The number of rotatable bonds is 3. The summed E-state index contributed by atoms with van der Waals surface area (Å²) in [5.74, 6) is -2.18. The van der Waals surface area contributed by atoms with Crippen LogP contribution in [0.2, 0.25) is 0 Å². The molecule has 23 heavy (non-hydrogen) atoms. The lowest BCUT2D eigenvalue weighted by atomic mass is 10.0. The maximum Gasteiger partial charge on any atom is 0.181 e. The van der Waals surface area contributed by atoms with E-state index in [1.54, 1.807) is 5.38 Å². The van der Waals surface area contributed by atoms with Crippen LogP contribution in [-0.2, 0) is 9.84 Å². The van der Waals surface area contributed by atoms with E-state index >= 15 is 0 Å². The van der Waals surface area contributed by atoms with Crippen molar-refractivity contribution in [3.63, 3.8) is 0 Å². The van der Waals surface area contributed by atoms with Gasteiger partial charge in [0.1, 0.15) is 21.5 Å². The molecule has 0 radical (unpaired) electrons. The number of halogens is 2. The molecule has 0 aliphatic carbocycles. The van der Waals surface area contributed by atoms with Gasteiger partial charge in [-0.1, -0.05) is 0 Å². The largest absolute Gasteiger partial charge is 0.241 e. The Bertz CT molecular complexity index is 967. The Kier molecular flexibility index (Phi) is 4.07. The van der Waals surface area contributed by atoms with Gasteiger partial charge in [0.05, 0.1) is 0 Å². The zero-order chi connectivity index (χ0) is 16.8. The van der Waals surface area contributed by atoms with Gasteiger partial charge in [-0.15, -0.1) is 11.3 Å². The lowest BCUT2D eigenvalue weighted by molar-refractivity contribution is 0.522. The van der Waals surface area contributed by atoms with Gasteiger partial charge in [-0.2, -0.15) is 11.3 Å². The number of aromatic nitrogens is 1. The summed E-state index contributed by atoms with van der Waals surface area (Å²) >= 11 is 2.83. The van der Waals surface area contributed by atoms with Crippen molar-refractivity contribution in [3.05, 3.63) is 45.6 Å². The number of thiazole rings is 1. The highest BCUT2D eigenvalue weighted by molar-refractivity contribution is 7.90. The van der Waals surface area contributed by atoms with Crippen LogP contribution in [0.4, 0.5) is 8.78 Å². The Hall–Kier alpha value is -1.64. The molecule has 2 aromatic heterocycles. The van der Waals surface area contributed by atoms with Gasteiger partial charge in [-0.3, -0.25) is 0 Å². The van der Waals surface area contributed by atoms with Gasteiger partial charge in [-0.05, 0) is 30.0 Å². The van der Waals surface area contributed by atoms with Crippen LogP contribution in [0.15, 0.2) is 33.2 Å². The average Bonchev–Trinajstić information content (AvgIpc) is 3.03. The zero-order valence-electron chi connectivity index (χ0n) is 12.1. The third-order valence-corrected chi connectivity index (χ3v) is 6.06. The standard InChI is InChI=1S/C15H11F2NO2S3/c1-8-5-22-15(18-8)11-7-21-6-10(11)9-3-12(16)14(13(17)4-9)23(2,19)20/h3-7H,1-2H3. The quantitative estimate of drug-likeness (QED) is 0.680. The molecule has 0 aliphatic heterocycles. The van der Waals surface area contributed by atoms with Crippen LogP contribution in [0.1, 0.15) is 5.69 Å². The van der Waals surface area contributed by atoms with Crippen molar-refractivity contribution in [1.82, 2.24) is 4.98 Å². The van der Waals surface area contributed by atoms with E-state index < -0.39 is 26.4 Å². The van der Waals surface area contributed by atoms with Crippen molar-refractivity contribution in [1.29, 1.82) is 0 Å². The predicted molar refractivity (Wildman–Crippen MR) is 88.6 cm³/mol. The van der Waals surface area contributed by atoms with Gasteiger partial charge < -0.3 is 0 Å². The number of thiophene rings is 1. The Labute approximate surface area is 140 Å². The lowest BCUT2D eigenvalue weighted by Crippen LogP contribution is -2.04. The smallest absolute Gasteiger partial charge is 0.181 e. The summed E-state index contributed by atoms with van der Waals surface area (Å²) in [7, 11) is -3.97. The maximum absolute atomic E-state index is 14.1. The van der Waals surface area contributed by atoms with E-state index in [4.69, 9.17) is 0 Å². The monoisotopic (exact) mass is 371 g/mol. The number of aryl methyl sites for hydroxylation is 1. The van der Waals surface area contributed by atoms with Crippen LogP contribution in [0.3, 0.4) is 0 Å². The first-order chi connectivity index (χ1) is 10.8. The second kappa shape index (κ2) is 5.77. The number of nitrogens with zero attached hydrogens (tertiary/aromatic N) is 1. The van der Waals surface area contributed by atoms with Gasteiger partial charge >= 0.3 is 0 Å². The Balaban J connectivity index is 2.17. The van der Waals surface area contributed by atoms with Crippen LogP contribution < -0.4 is 0 Å². The SMILES string of the molecule is Cc1csc(-c2cscc2-c2cc(F)c(S(C)(=O)=O)c(F)c2)n1. The first-order valence-electron chi connectivity index (χ1n) is 6.45. The summed E-state index contributed by atoms with van der Waals surface area (Å²) in [5.41, 5.74) is 2.56. The molecule has 3 aromatic rings. The minimum atomic E-state index is -3.97. The summed E-state index contributed by atoms with van der Waals surface area (Å²) in [5, 5.41) is 6.27. The van der Waals surface area contributed by atoms with E-state index in [0.29, 0.717) is 5.56 Å². The van der Waals surface area contributed by atoms with E-state index in [0.717, 1.165) is 34.7 Å². The third-order valence-electron chi connectivity index (χ3n) is 3.19. The van der Waals surface area contributed by atoms with Gasteiger partial charge in [-0.25, -0.2) is 22.2 Å². The second-order valence-corrected chi connectivity index (χ2v) is 8.59. The molecule has 0 saturated carbocycles. The van der Waals surface area contributed by atoms with Crippen LogP contribution in [0.5, 0.6) is 0 Å². The lowest BCUT2D eigenvalue weighted by Gasteiger charge is -2.07. The van der Waals surface area contributed by atoms with Crippen LogP contribution in [0.25, 0.3) is 21.7 Å². The van der Waals surface area contributed by atoms with Crippen LogP contribution in [-0.4, -0.2) is 19.7 Å². The van der Waals surface area contributed by atoms with E-state index in [1.807, 2.05) is 17.7 Å². The van der Waals surface area contributed by atoms with Crippen LogP contribution >= 0.6 is 22.7 Å². The van der Waals surface area contributed by atoms with E-state index in [1.165, 1.54) is 22.7 Å². The Morgan fingerprint density at radius 2 is 1.65 bits per heavy atom. The molecule has 0 fully saturated rings. The topological polar surface area (TPSA) is 47.0 Å². The normalized spacial score (nSPS) is 11.8. The van der Waals surface area contributed by atoms with E-state index in [2.05, 4.69) is 4.98 Å². The highest BCUT2D eigenvalue weighted by atomic mass is 32.2. The van der Waals surface area contributed by atoms with Crippen LogP contribution in [0, 0.1) is 18.6 Å². The van der Waals surface area contributed by atoms with Crippen molar-refractivity contribution in [2.45, 2.75) is 11.8 Å². The van der Waals surface area contributed by atoms with Crippen molar-refractivity contribution < 1.29 is 17.2 Å². The Morgan fingerprint density at radius 1 is 1.04 bits per heavy atom. The molecule has 0 saturated heterocycles. The highest BCUT2D eigenvalue weighted by Gasteiger charge is 2.22. The molecule has 8 heteroatoms. The fraction of sp³-hybridized carbons (Fsp3) is 0.133. The molecule has 3 rings (SSSR count). The first kappa shape index (κ1) is 16.2. The van der Waals surface area contributed by atoms with Gasteiger partial charge in [0.15, 0.2) is 9.84 Å². The molecule has 1 aromatic carbocycles. The molecule has 0 atom stereocenters. The number of hydrogen-bond donors (Lipinski definition) is 0. The predicted octanol–water partition coefficient (Wildman–Crippen LogP) is 4.53. The molecule has 0 aliphatic rings. The van der Waals surface area contributed by atoms with Crippen molar-refractivity contribution in [2.75, 3.05) is 6.26 Å². The van der Waals surface area contributed by atoms with Crippen molar-refractivity contribution in [2.24, 2.45) is 0 Å². The van der Waals surface area contributed by atoms with Gasteiger partial charge in [0.25, 0.3) is 0 Å². The second-order valence-electron chi connectivity index (χ2n) is 5.03. The average molecular weight is 371 g/mol. The molecule has 3 nitrogen and oxygen atoms in total. The number of hydrogen-bond acceptors (Lipinski definition) is 5. The fourth-order valence-electron chi connectivity index (χ4n) is 2.23. The molecule has 0 amide bonds. The molecule has 0 bridgehead atoms. The highest BCUT2D eigenvalue weighted by Crippen LogP contribution is 2.38. The summed E-state index contributed by atoms with van der Waals surface area (Å²) in [6, 6.07) is 2.09. The Morgan fingerprint density at radius 3 is 2.17 bits per heavy atom. The molecule has 0 spiro atoms. The van der Waals surface area contributed by atoms with Gasteiger partial charge in [0, 0.05) is 33.8 Å². The van der Waals surface area contributed by atoms with E-state index in [9.17, 15) is 17.2 Å². The summed E-state index contributed by atoms with van der Waals surface area (Å²) < 4.78 is 51.2. The molecule has 0 N–H and O–H groups in total. The molecule has 0 unspecified atom stereocenters. The van der Waals surface area contributed by atoms with Gasteiger partial charge in [0.2, 0.25) is 0 Å². The molecule has 120 valence electrons. The minimum Gasteiger partial charge on any atom is -0.241 e. The summed E-state index contributed by atoms with van der Waals surface area (Å²) in [6.07, 6.45) is 0.780. The summed E-state index contributed by atoms with van der Waals surface area (Å²) in [6.45, 7) is 1.87. The van der Waals surface area contributed by atoms with Crippen molar-refractivity contribution >= 4 is 32.5 Å².